The number of aryl methyl sites for hydroxylation is 1. The zero-order valence-corrected chi connectivity index (χ0v) is 20.0. The molecule has 10 nitrogen and oxygen atoms in total. The number of hydrogen-bond acceptors (Lipinski definition) is 10. The van der Waals surface area contributed by atoms with Gasteiger partial charge in [-0.25, -0.2) is 4.68 Å². The van der Waals surface area contributed by atoms with Gasteiger partial charge in [0.2, 0.25) is 11.1 Å². The molecule has 0 bridgehead atoms. The number of alkyl halides is 3. The molecule has 3 rings (SSSR count). The summed E-state index contributed by atoms with van der Waals surface area (Å²) in [5, 5.41) is 24.5. The molecule has 1 N–H and O–H groups in total. The van der Waals surface area contributed by atoms with Crippen molar-refractivity contribution >= 4 is 53.1 Å². The summed E-state index contributed by atoms with van der Waals surface area (Å²) in [7, 11) is 1.62. The van der Waals surface area contributed by atoms with Gasteiger partial charge in [0.1, 0.15) is 11.4 Å². The SMILES string of the molecule is Cn1nnnc1SCC1=C(C(=O)[O-])N2C(=O)C(NC(=O)CSC(F)(F)F)C2SC1.[Na+]. The molecule has 17 heteroatoms. The van der Waals surface area contributed by atoms with E-state index < -0.39 is 52.2 Å². The summed E-state index contributed by atoms with van der Waals surface area (Å²) in [5.41, 5.74) is -4.44. The smallest absolute Gasteiger partial charge is 0.543 e. The van der Waals surface area contributed by atoms with E-state index in [2.05, 4.69) is 20.8 Å². The molecule has 2 atom stereocenters. The molecule has 2 aliphatic rings. The predicted molar refractivity (Wildman–Crippen MR) is 95.1 cm³/mol. The van der Waals surface area contributed by atoms with Crippen molar-refractivity contribution in [3.05, 3.63) is 11.3 Å². The summed E-state index contributed by atoms with van der Waals surface area (Å²) < 4.78 is 38.0. The number of rotatable bonds is 7. The Morgan fingerprint density at radius 2 is 2.10 bits per heavy atom. The molecule has 0 saturated carbocycles. The summed E-state index contributed by atoms with van der Waals surface area (Å²) in [5.74, 6) is -3.68. The number of nitrogens with zero attached hydrogens (tertiary/aromatic N) is 5. The van der Waals surface area contributed by atoms with Gasteiger partial charge in [-0.15, -0.1) is 16.9 Å². The van der Waals surface area contributed by atoms with Crippen molar-refractivity contribution < 1.29 is 62.2 Å². The third-order valence-electron chi connectivity index (χ3n) is 3.88. The van der Waals surface area contributed by atoms with Crippen LogP contribution < -0.4 is 40.0 Å². The minimum atomic E-state index is -4.57. The largest absolute Gasteiger partial charge is 1.00 e. The standard InChI is InChI=1S/C13H13F3N6O4S3.Na/c1-21-12(18-19-20-21)28-3-5-2-27-10-7(9(24)22(10)8(5)11(25)26)17-6(23)4-29-13(14,15)16;/h7,10H,2-4H2,1H3,(H,17,23)(H,25,26);/q;+1/p-1. The first-order valence-electron chi connectivity index (χ1n) is 7.81. The van der Waals surface area contributed by atoms with Crippen molar-refractivity contribution in [2.75, 3.05) is 17.3 Å². The van der Waals surface area contributed by atoms with Gasteiger partial charge < -0.3 is 15.2 Å². The number of thioether (sulfide) groups is 3. The Kier molecular flexibility index (Phi) is 8.54. The van der Waals surface area contributed by atoms with E-state index >= 15 is 0 Å². The molecular formula is C13H12F3N6NaO4S3. The number of carbonyl (C=O) groups is 3. The first-order chi connectivity index (χ1) is 13.6. The van der Waals surface area contributed by atoms with E-state index in [4.69, 9.17) is 0 Å². The maximum Gasteiger partial charge on any atom is 1.00 e. The number of aromatic nitrogens is 4. The van der Waals surface area contributed by atoms with Gasteiger partial charge >= 0.3 is 35.1 Å². The van der Waals surface area contributed by atoms with Gasteiger partial charge in [0.15, 0.2) is 0 Å². The molecule has 0 spiro atoms. The van der Waals surface area contributed by atoms with Crippen LogP contribution in [0.15, 0.2) is 16.4 Å². The van der Waals surface area contributed by atoms with Gasteiger partial charge in [-0.2, -0.15) is 13.2 Å². The van der Waals surface area contributed by atoms with Crippen LogP contribution in [-0.2, 0) is 21.4 Å². The Morgan fingerprint density at radius 3 is 2.67 bits per heavy atom. The number of halogens is 3. The van der Waals surface area contributed by atoms with Crippen LogP contribution >= 0.6 is 35.3 Å². The Hall–Kier alpha value is -0.940. The van der Waals surface area contributed by atoms with Crippen molar-refractivity contribution in [3.63, 3.8) is 0 Å². The van der Waals surface area contributed by atoms with Crippen LogP contribution in [0.2, 0.25) is 0 Å². The maximum atomic E-state index is 12.4. The van der Waals surface area contributed by atoms with E-state index in [1.165, 1.54) is 28.2 Å². The van der Waals surface area contributed by atoms with Gasteiger partial charge in [-0.3, -0.25) is 14.5 Å². The minimum Gasteiger partial charge on any atom is -0.543 e. The van der Waals surface area contributed by atoms with Gasteiger partial charge in [-0.1, -0.05) is 11.8 Å². The molecule has 0 aliphatic carbocycles. The molecule has 1 saturated heterocycles. The second-order valence-corrected chi connectivity index (χ2v) is 8.89. The monoisotopic (exact) mass is 492 g/mol. The van der Waals surface area contributed by atoms with Gasteiger partial charge in [0, 0.05) is 18.6 Å². The third-order valence-corrected chi connectivity index (χ3v) is 7.05. The second-order valence-electron chi connectivity index (χ2n) is 5.80. The molecule has 2 unspecified atom stereocenters. The van der Waals surface area contributed by atoms with E-state index in [9.17, 15) is 32.7 Å². The number of amides is 2. The van der Waals surface area contributed by atoms with E-state index in [1.807, 2.05) is 0 Å². The summed E-state index contributed by atoms with van der Waals surface area (Å²) >= 11 is 1.86. The average molecular weight is 492 g/mol. The fourth-order valence-corrected chi connectivity index (χ4v) is 5.35. The molecule has 0 radical (unpaired) electrons. The zero-order valence-electron chi connectivity index (χ0n) is 15.5. The molecule has 30 heavy (non-hydrogen) atoms. The normalized spacial score (nSPS) is 20.9. The van der Waals surface area contributed by atoms with Crippen LogP contribution in [0.3, 0.4) is 0 Å². The molecule has 2 amide bonds. The Labute approximate surface area is 202 Å². The Bertz CT molecular complexity index is 883. The fourth-order valence-electron chi connectivity index (χ4n) is 2.64. The molecule has 3 heterocycles. The van der Waals surface area contributed by atoms with E-state index in [0.717, 1.165) is 4.90 Å². The molecule has 1 fully saturated rings. The maximum absolute atomic E-state index is 12.4. The molecule has 1 aromatic rings. The summed E-state index contributed by atoms with van der Waals surface area (Å²) in [6, 6.07) is -1.09. The van der Waals surface area contributed by atoms with E-state index in [-0.39, 0.29) is 46.8 Å². The van der Waals surface area contributed by atoms with Crippen LogP contribution in [0.5, 0.6) is 0 Å². The number of carboxylic acids is 1. The van der Waals surface area contributed by atoms with Crippen LogP contribution in [0.25, 0.3) is 0 Å². The van der Waals surface area contributed by atoms with Gasteiger partial charge in [0.05, 0.1) is 17.4 Å². The van der Waals surface area contributed by atoms with Crippen molar-refractivity contribution in [1.82, 2.24) is 30.4 Å². The Balaban J connectivity index is 0.00000320. The van der Waals surface area contributed by atoms with Crippen molar-refractivity contribution in [1.29, 1.82) is 0 Å². The summed E-state index contributed by atoms with van der Waals surface area (Å²) in [6.07, 6.45) is 0. The van der Waals surface area contributed by atoms with Crippen LogP contribution in [0, 0.1) is 0 Å². The van der Waals surface area contributed by atoms with Crippen LogP contribution in [-0.4, -0.2) is 77.1 Å². The average Bonchev–Trinajstić information content (AvgIpc) is 3.06. The van der Waals surface area contributed by atoms with Crippen molar-refractivity contribution in [2.45, 2.75) is 22.1 Å². The third kappa shape index (κ3) is 5.64. The van der Waals surface area contributed by atoms with E-state index in [0.29, 0.717) is 10.7 Å². The number of hydrogen-bond donors (Lipinski definition) is 1. The van der Waals surface area contributed by atoms with E-state index in [1.54, 1.807) is 7.05 Å². The molecular weight excluding hydrogens is 480 g/mol. The first-order valence-corrected chi connectivity index (χ1v) is 10.8. The molecule has 158 valence electrons. The summed E-state index contributed by atoms with van der Waals surface area (Å²) in [4.78, 5) is 36.7. The number of fused-ring (bicyclic) bond motifs is 1. The molecule has 1 aromatic heterocycles. The Morgan fingerprint density at radius 1 is 1.40 bits per heavy atom. The van der Waals surface area contributed by atoms with Crippen molar-refractivity contribution in [3.8, 4) is 0 Å². The van der Waals surface area contributed by atoms with Crippen molar-refractivity contribution in [2.24, 2.45) is 7.05 Å². The van der Waals surface area contributed by atoms with Gasteiger partial charge in [-0.05, 0) is 27.8 Å². The molecule has 2 aliphatic heterocycles. The fraction of sp³-hybridized carbons (Fsp3) is 0.538. The minimum absolute atomic E-state index is 0. The van der Waals surface area contributed by atoms with Crippen LogP contribution in [0.4, 0.5) is 13.2 Å². The van der Waals surface area contributed by atoms with Gasteiger partial charge in [0.25, 0.3) is 5.91 Å². The second kappa shape index (κ2) is 10.1. The number of carbonyl (C=O) groups excluding carboxylic acids is 3. The molecule has 0 aromatic carbocycles. The summed E-state index contributed by atoms with van der Waals surface area (Å²) in [6.45, 7) is 0. The van der Waals surface area contributed by atoms with Crippen LogP contribution in [0.1, 0.15) is 0 Å². The first kappa shape index (κ1) is 25.3. The topological polar surface area (TPSA) is 133 Å². The number of β-lactam (4-membered cyclic amide) rings is 1. The number of carboxylic acid groups (broad SMARTS) is 1. The predicted octanol–water partition coefficient (Wildman–Crippen LogP) is -4.04. The number of nitrogens with one attached hydrogen (secondary N) is 1. The number of tetrazole rings is 1. The number of aliphatic carboxylic acids is 1. The quantitative estimate of drug-likeness (QED) is 0.228. The zero-order chi connectivity index (χ0) is 21.3.